The molecule has 0 aliphatic heterocycles. The molecule has 0 aliphatic carbocycles. The quantitative estimate of drug-likeness (QED) is 0.456. The van der Waals surface area contributed by atoms with Crippen molar-refractivity contribution in [2.75, 3.05) is 0 Å². The fraction of sp³-hybridized carbons (Fsp3) is 0.300. The Kier molecular flexibility index (Phi) is 5.96. The maximum absolute atomic E-state index is 12.4. The van der Waals surface area contributed by atoms with Gasteiger partial charge >= 0.3 is 0 Å². The van der Waals surface area contributed by atoms with Crippen LogP contribution in [0.25, 0.3) is 0 Å². The second kappa shape index (κ2) is 8.59. The summed E-state index contributed by atoms with van der Waals surface area (Å²) in [5.74, 6) is 0.797. The van der Waals surface area contributed by atoms with E-state index in [1.54, 1.807) is 31.3 Å². The number of furan rings is 1. The third-order valence-corrected chi connectivity index (χ3v) is 4.47. The first-order valence-electron chi connectivity index (χ1n) is 9.18. The van der Waals surface area contributed by atoms with Crippen molar-refractivity contribution in [1.82, 2.24) is 15.1 Å². The van der Waals surface area contributed by atoms with Gasteiger partial charge in [0.2, 0.25) is 0 Å². The van der Waals surface area contributed by atoms with Crippen LogP contribution in [0.4, 0.5) is 5.69 Å². The number of amides is 1. The van der Waals surface area contributed by atoms with Gasteiger partial charge in [0.05, 0.1) is 16.7 Å². The summed E-state index contributed by atoms with van der Waals surface area (Å²) in [7, 11) is 0. The molecule has 152 valence electrons. The van der Waals surface area contributed by atoms with Crippen molar-refractivity contribution in [2.24, 2.45) is 0 Å². The lowest BCUT2D eigenvalue weighted by Crippen LogP contribution is -2.28. The lowest BCUT2D eigenvalue weighted by Gasteiger charge is -2.14. The number of nitro benzene ring substituents is 1. The highest BCUT2D eigenvalue weighted by molar-refractivity contribution is 5.91. The number of ether oxygens (including phenoxy) is 1. The van der Waals surface area contributed by atoms with Crippen molar-refractivity contribution in [3.8, 4) is 5.75 Å². The van der Waals surface area contributed by atoms with Crippen LogP contribution in [-0.4, -0.2) is 20.6 Å². The number of nitrogens with one attached hydrogen (secondary N) is 1. The molecule has 0 spiro atoms. The van der Waals surface area contributed by atoms with Crippen molar-refractivity contribution >= 4 is 11.6 Å². The molecule has 0 saturated heterocycles. The second-order valence-electron chi connectivity index (χ2n) is 6.53. The molecule has 3 aromatic rings. The molecule has 2 heterocycles. The van der Waals surface area contributed by atoms with E-state index in [0.29, 0.717) is 23.6 Å². The Morgan fingerprint density at radius 1 is 1.34 bits per heavy atom. The number of hydrogen-bond acceptors (Lipinski definition) is 6. The van der Waals surface area contributed by atoms with Crippen LogP contribution in [0.3, 0.4) is 0 Å². The van der Waals surface area contributed by atoms with Crippen LogP contribution in [-0.2, 0) is 13.2 Å². The summed E-state index contributed by atoms with van der Waals surface area (Å²) < 4.78 is 13.0. The first-order valence-corrected chi connectivity index (χ1v) is 9.18. The van der Waals surface area contributed by atoms with Gasteiger partial charge in [0, 0.05) is 24.4 Å². The summed E-state index contributed by atoms with van der Waals surface area (Å²) >= 11 is 0. The van der Waals surface area contributed by atoms with Crippen LogP contribution in [0, 0.1) is 17.0 Å². The molecule has 0 bridgehead atoms. The molecule has 3 rings (SSSR count). The molecule has 1 unspecified atom stereocenters. The average Bonchev–Trinajstić information content (AvgIpc) is 3.35. The van der Waals surface area contributed by atoms with Crippen molar-refractivity contribution in [3.63, 3.8) is 0 Å². The number of nitro groups is 1. The van der Waals surface area contributed by atoms with Gasteiger partial charge < -0.3 is 14.5 Å². The van der Waals surface area contributed by atoms with Gasteiger partial charge in [-0.25, -0.2) is 0 Å². The smallest absolute Gasteiger partial charge is 0.287 e. The van der Waals surface area contributed by atoms with Gasteiger partial charge in [0.1, 0.15) is 18.1 Å². The highest BCUT2D eigenvalue weighted by Gasteiger charge is 2.18. The SMILES string of the molecule is CCn1nccc1C(C)NC(=O)c1ccc(COc2ccc([N+](=O)[O-])c(C)c2)o1. The zero-order valence-electron chi connectivity index (χ0n) is 16.4. The van der Waals surface area contributed by atoms with E-state index in [-0.39, 0.29) is 30.0 Å². The molecular weight excluding hydrogens is 376 g/mol. The molecule has 9 nitrogen and oxygen atoms in total. The van der Waals surface area contributed by atoms with Crippen LogP contribution < -0.4 is 10.1 Å². The topological polar surface area (TPSA) is 112 Å². The van der Waals surface area contributed by atoms with E-state index in [2.05, 4.69) is 10.4 Å². The van der Waals surface area contributed by atoms with E-state index in [9.17, 15) is 14.9 Å². The van der Waals surface area contributed by atoms with Crippen LogP contribution in [0.1, 0.15) is 47.5 Å². The lowest BCUT2D eigenvalue weighted by molar-refractivity contribution is -0.385. The Morgan fingerprint density at radius 3 is 2.83 bits per heavy atom. The molecule has 0 saturated carbocycles. The first-order chi connectivity index (χ1) is 13.9. The molecule has 29 heavy (non-hydrogen) atoms. The Hall–Kier alpha value is -3.62. The van der Waals surface area contributed by atoms with Crippen molar-refractivity contribution in [1.29, 1.82) is 0 Å². The zero-order valence-corrected chi connectivity index (χ0v) is 16.4. The summed E-state index contributed by atoms with van der Waals surface area (Å²) in [4.78, 5) is 22.9. The zero-order chi connectivity index (χ0) is 21.0. The van der Waals surface area contributed by atoms with Crippen molar-refractivity contribution < 1.29 is 18.9 Å². The molecule has 1 N–H and O–H groups in total. The molecule has 1 aromatic carbocycles. The highest BCUT2D eigenvalue weighted by atomic mass is 16.6. The lowest BCUT2D eigenvalue weighted by atomic mass is 10.2. The minimum atomic E-state index is -0.439. The number of aryl methyl sites for hydroxylation is 2. The molecule has 0 fully saturated rings. The van der Waals surface area contributed by atoms with Gasteiger partial charge in [0.15, 0.2) is 5.76 Å². The van der Waals surface area contributed by atoms with Gasteiger partial charge in [-0.1, -0.05) is 0 Å². The summed E-state index contributed by atoms with van der Waals surface area (Å²) in [6.07, 6.45) is 1.70. The minimum Gasteiger partial charge on any atom is -0.486 e. The number of carbonyl (C=O) groups is 1. The van der Waals surface area contributed by atoms with Crippen LogP contribution in [0.15, 0.2) is 47.0 Å². The number of carbonyl (C=O) groups excluding carboxylic acids is 1. The summed E-state index contributed by atoms with van der Waals surface area (Å²) in [5.41, 5.74) is 1.45. The second-order valence-corrected chi connectivity index (χ2v) is 6.53. The van der Waals surface area contributed by atoms with E-state index in [1.165, 1.54) is 12.1 Å². The largest absolute Gasteiger partial charge is 0.486 e. The van der Waals surface area contributed by atoms with Crippen LogP contribution in [0.5, 0.6) is 5.75 Å². The summed E-state index contributed by atoms with van der Waals surface area (Å²) in [6.45, 7) is 6.32. The number of benzene rings is 1. The molecule has 1 amide bonds. The predicted molar refractivity (Wildman–Crippen MR) is 105 cm³/mol. The Labute approximate surface area is 167 Å². The Morgan fingerprint density at radius 2 is 2.14 bits per heavy atom. The van der Waals surface area contributed by atoms with E-state index in [4.69, 9.17) is 9.15 Å². The van der Waals surface area contributed by atoms with Gasteiger partial charge in [-0.2, -0.15) is 5.10 Å². The fourth-order valence-corrected chi connectivity index (χ4v) is 2.97. The Balaban J connectivity index is 1.59. The molecule has 0 aliphatic rings. The van der Waals surface area contributed by atoms with Crippen LogP contribution >= 0.6 is 0 Å². The number of rotatable bonds is 8. The normalized spacial score (nSPS) is 11.8. The molecule has 0 radical (unpaired) electrons. The summed E-state index contributed by atoms with van der Waals surface area (Å²) in [6, 6.07) is 9.40. The number of hydrogen-bond donors (Lipinski definition) is 1. The third-order valence-electron chi connectivity index (χ3n) is 4.47. The van der Waals surface area contributed by atoms with Crippen molar-refractivity contribution in [3.05, 3.63) is 75.5 Å². The van der Waals surface area contributed by atoms with E-state index in [1.807, 2.05) is 24.6 Å². The first kappa shape index (κ1) is 20.1. The van der Waals surface area contributed by atoms with Crippen molar-refractivity contribution in [2.45, 2.75) is 40.0 Å². The minimum absolute atomic E-state index is 0.0350. The fourth-order valence-electron chi connectivity index (χ4n) is 2.97. The van der Waals surface area contributed by atoms with E-state index in [0.717, 1.165) is 5.69 Å². The number of nitrogens with zero attached hydrogens (tertiary/aromatic N) is 3. The maximum Gasteiger partial charge on any atom is 0.287 e. The monoisotopic (exact) mass is 398 g/mol. The highest BCUT2D eigenvalue weighted by Crippen LogP contribution is 2.24. The average molecular weight is 398 g/mol. The van der Waals surface area contributed by atoms with Gasteiger partial charge in [-0.05, 0) is 51.1 Å². The molecular formula is C20H22N4O5. The van der Waals surface area contributed by atoms with Gasteiger partial charge in [-0.15, -0.1) is 0 Å². The van der Waals surface area contributed by atoms with Gasteiger partial charge in [-0.3, -0.25) is 19.6 Å². The third kappa shape index (κ3) is 4.63. The predicted octanol–water partition coefficient (Wildman–Crippen LogP) is 3.78. The van der Waals surface area contributed by atoms with Gasteiger partial charge in [0.25, 0.3) is 11.6 Å². The van der Waals surface area contributed by atoms with Crippen LogP contribution in [0.2, 0.25) is 0 Å². The standard InChI is InChI=1S/C20H22N4O5/c1-4-23-18(9-10-21-23)14(3)22-20(25)19-8-6-16(29-19)12-28-15-5-7-17(24(26)27)13(2)11-15/h5-11,14H,4,12H2,1-3H3,(H,22,25). The Bertz CT molecular complexity index is 1020. The maximum atomic E-state index is 12.4. The number of aromatic nitrogens is 2. The van der Waals surface area contributed by atoms with E-state index < -0.39 is 4.92 Å². The molecule has 1 atom stereocenters. The molecule has 2 aromatic heterocycles. The molecule has 9 heteroatoms. The van der Waals surface area contributed by atoms with E-state index >= 15 is 0 Å². The summed E-state index contributed by atoms with van der Waals surface area (Å²) in [5, 5.41) is 18.0.